The molecule has 4 nitrogen and oxygen atoms in total. The average Bonchev–Trinajstić information content (AvgIpc) is 2.50. The van der Waals surface area contributed by atoms with Crippen LogP contribution in [-0.2, 0) is 0 Å². The first-order valence-electron chi connectivity index (χ1n) is 5.84. The normalized spacial score (nSPS) is 11.5. The van der Waals surface area contributed by atoms with Crippen LogP contribution in [0.1, 0.15) is 5.56 Å². The van der Waals surface area contributed by atoms with Crippen molar-refractivity contribution in [3.05, 3.63) is 53.6 Å². The Morgan fingerprint density at radius 3 is 2.43 bits per heavy atom. The summed E-state index contributed by atoms with van der Waals surface area (Å²) in [5.74, 6) is -1.44. The first kappa shape index (κ1) is 15.1. The molecule has 0 saturated heterocycles. The van der Waals surface area contributed by atoms with Crippen molar-refractivity contribution in [3.63, 3.8) is 0 Å². The van der Waals surface area contributed by atoms with Gasteiger partial charge in [0.25, 0.3) is 0 Å². The van der Waals surface area contributed by atoms with Gasteiger partial charge in [-0.25, -0.2) is 8.78 Å². The fraction of sp³-hybridized carbons (Fsp3) is 0.0714. The second-order valence-corrected chi connectivity index (χ2v) is 5.06. The predicted molar refractivity (Wildman–Crippen MR) is 76.0 cm³/mol. The van der Waals surface area contributed by atoms with Crippen LogP contribution in [0.4, 0.5) is 8.78 Å². The van der Waals surface area contributed by atoms with Gasteiger partial charge in [-0.2, -0.15) is 0 Å². The van der Waals surface area contributed by atoms with Gasteiger partial charge in [-0.15, -0.1) is 0 Å². The molecule has 0 bridgehead atoms. The molecule has 0 spiro atoms. The van der Waals surface area contributed by atoms with Crippen molar-refractivity contribution in [2.75, 3.05) is 7.11 Å². The summed E-state index contributed by atoms with van der Waals surface area (Å²) in [5.41, 5.74) is 5.29. The Hall–Kier alpha value is -2.28. The average molecular weight is 310 g/mol. The summed E-state index contributed by atoms with van der Waals surface area (Å²) in [6.07, 6.45) is 0. The first-order valence-corrected chi connectivity index (χ1v) is 6.66. The number of hydrogen-bond acceptors (Lipinski definition) is 4. The highest BCUT2D eigenvalue weighted by atomic mass is 32.2. The molecule has 0 aliphatic carbocycles. The molecular weight excluding hydrogens is 298 g/mol. The lowest BCUT2D eigenvalue weighted by Gasteiger charge is -2.10. The molecule has 3 N–H and O–H groups in total. The lowest BCUT2D eigenvalue weighted by Crippen LogP contribution is -2.14. The number of ether oxygens (including phenoxy) is 1. The number of hydrogen-bond donors (Lipinski definition) is 2. The van der Waals surface area contributed by atoms with Crippen molar-refractivity contribution in [2.45, 2.75) is 9.79 Å². The fourth-order valence-corrected chi connectivity index (χ4v) is 2.61. The topological polar surface area (TPSA) is 67.8 Å². The molecule has 2 aromatic rings. The minimum absolute atomic E-state index is 0.0307. The molecule has 0 aromatic heterocycles. The van der Waals surface area contributed by atoms with Crippen molar-refractivity contribution < 1.29 is 18.7 Å². The molecule has 0 saturated carbocycles. The first-order chi connectivity index (χ1) is 10.1. The van der Waals surface area contributed by atoms with Crippen LogP contribution in [0.25, 0.3) is 0 Å². The summed E-state index contributed by atoms with van der Waals surface area (Å²) in [5, 5.41) is 11.3. The summed E-state index contributed by atoms with van der Waals surface area (Å²) >= 11 is 0.902. The monoisotopic (exact) mass is 310 g/mol. The Morgan fingerprint density at radius 2 is 1.86 bits per heavy atom. The van der Waals surface area contributed by atoms with Crippen LogP contribution in [-0.4, -0.2) is 18.2 Å². The zero-order chi connectivity index (χ0) is 15.4. The molecular formula is C14H12F2N2O2S. The maximum atomic E-state index is 14.0. The molecule has 21 heavy (non-hydrogen) atoms. The minimum atomic E-state index is -0.799. The van der Waals surface area contributed by atoms with E-state index >= 15 is 0 Å². The second kappa shape index (κ2) is 6.45. The molecule has 0 radical (unpaired) electrons. The van der Waals surface area contributed by atoms with E-state index in [4.69, 9.17) is 15.7 Å². The maximum Gasteiger partial charge on any atom is 0.170 e. The maximum absolute atomic E-state index is 14.0. The number of para-hydroxylation sites is 1. The Labute approximate surface area is 124 Å². The molecule has 7 heteroatoms. The number of nitrogens with two attached hydrogens (primary N) is 1. The number of halogens is 2. The standard InChI is InChI=1S/C14H12F2N2O2S/c1-20-11-4-2-3-5-12(11)21-13-9(15)6-8(7-10(13)16)14(17)18-19/h2-7,19H,1H3,(H2,17,18). The Balaban J connectivity index is 2.41. The van der Waals surface area contributed by atoms with Gasteiger partial charge in [-0.1, -0.05) is 29.1 Å². The van der Waals surface area contributed by atoms with E-state index in [1.54, 1.807) is 24.3 Å². The Morgan fingerprint density at radius 1 is 1.24 bits per heavy atom. The van der Waals surface area contributed by atoms with Crippen molar-refractivity contribution in [1.29, 1.82) is 0 Å². The van der Waals surface area contributed by atoms with E-state index in [0.29, 0.717) is 10.6 Å². The number of methoxy groups -OCH3 is 1. The summed E-state index contributed by atoms with van der Waals surface area (Å²) in [4.78, 5) is 0.392. The van der Waals surface area contributed by atoms with Gasteiger partial charge in [-0.3, -0.25) is 0 Å². The van der Waals surface area contributed by atoms with E-state index in [0.717, 1.165) is 23.9 Å². The van der Waals surface area contributed by atoms with Gasteiger partial charge < -0.3 is 15.7 Å². The van der Waals surface area contributed by atoms with Crippen LogP contribution >= 0.6 is 11.8 Å². The molecule has 0 atom stereocenters. The third-order valence-corrected chi connectivity index (χ3v) is 3.83. The van der Waals surface area contributed by atoms with Crippen molar-refractivity contribution in [3.8, 4) is 5.75 Å². The molecule has 0 heterocycles. The highest BCUT2D eigenvalue weighted by molar-refractivity contribution is 7.99. The van der Waals surface area contributed by atoms with Crippen LogP contribution in [0.3, 0.4) is 0 Å². The smallest absolute Gasteiger partial charge is 0.170 e. The van der Waals surface area contributed by atoms with Gasteiger partial charge in [0, 0.05) is 5.56 Å². The van der Waals surface area contributed by atoms with E-state index in [2.05, 4.69) is 5.16 Å². The van der Waals surface area contributed by atoms with Crippen molar-refractivity contribution in [2.24, 2.45) is 10.9 Å². The molecule has 2 aromatic carbocycles. The summed E-state index contributed by atoms with van der Waals surface area (Å²) in [7, 11) is 1.48. The van der Waals surface area contributed by atoms with Crippen LogP contribution in [0.5, 0.6) is 5.75 Å². The lowest BCUT2D eigenvalue weighted by molar-refractivity contribution is 0.318. The molecule has 0 aliphatic heterocycles. The van der Waals surface area contributed by atoms with Crippen molar-refractivity contribution in [1.82, 2.24) is 0 Å². The summed E-state index contributed by atoms with van der Waals surface area (Å²) in [6.45, 7) is 0. The van der Waals surface area contributed by atoms with Gasteiger partial charge >= 0.3 is 0 Å². The highest BCUT2D eigenvalue weighted by Gasteiger charge is 2.16. The van der Waals surface area contributed by atoms with Crippen molar-refractivity contribution >= 4 is 17.6 Å². The molecule has 0 amide bonds. The predicted octanol–water partition coefficient (Wildman–Crippen LogP) is 3.22. The zero-order valence-corrected chi connectivity index (χ0v) is 11.8. The third kappa shape index (κ3) is 3.25. The van der Waals surface area contributed by atoms with E-state index in [1.165, 1.54) is 7.11 Å². The molecule has 0 unspecified atom stereocenters. The number of nitrogens with zero attached hydrogens (tertiary/aromatic N) is 1. The van der Waals surface area contributed by atoms with Gasteiger partial charge in [0.1, 0.15) is 17.4 Å². The molecule has 0 aliphatic rings. The number of amidine groups is 1. The number of benzene rings is 2. The minimum Gasteiger partial charge on any atom is -0.496 e. The van der Waals surface area contributed by atoms with Crippen LogP contribution in [0, 0.1) is 11.6 Å². The molecule has 2 rings (SSSR count). The van der Waals surface area contributed by atoms with Crippen LogP contribution in [0.15, 0.2) is 51.3 Å². The number of oxime groups is 1. The highest BCUT2D eigenvalue weighted by Crippen LogP contribution is 2.37. The largest absolute Gasteiger partial charge is 0.496 e. The molecule has 110 valence electrons. The molecule has 0 fully saturated rings. The van der Waals surface area contributed by atoms with E-state index < -0.39 is 11.6 Å². The van der Waals surface area contributed by atoms with Gasteiger partial charge in [-0.05, 0) is 24.3 Å². The van der Waals surface area contributed by atoms with E-state index in [1.807, 2.05) is 0 Å². The SMILES string of the molecule is COc1ccccc1Sc1c(F)cc(/C(N)=N/O)cc1F. The Kier molecular flexibility index (Phi) is 4.64. The third-order valence-electron chi connectivity index (χ3n) is 2.68. The summed E-state index contributed by atoms with van der Waals surface area (Å²) in [6, 6.07) is 8.91. The fourth-order valence-electron chi connectivity index (χ4n) is 1.68. The second-order valence-electron chi connectivity index (χ2n) is 4.01. The van der Waals surface area contributed by atoms with Crippen LogP contribution in [0.2, 0.25) is 0 Å². The number of rotatable bonds is 4. The zero-order valence-electron chi connectivity index (χ0n) is 11.0. The summed E-state index contributed by atoms with van der Waals surface area (Å²) < 4.78 is 33.2. The van der Waals surface area contributed by atoms with Crippen LogP contribution < -0.4 is 10.5 Å². The van der Waals surface area contributed by atoms with E-state index in [9.17, 15) is 8.78 Å². The van der Waals surface area contributed by atoms with Gasteiger partial charge in [0.15, 0.2) is 5.84 Å². The lowest BCUT2D eigenvalue weighted by atomic mass is 10.2. The van der Waals surface area contributed by atoms with Gasteiger partial charge in [0.05, 0.1) is 16.9 Å². The van der Waals surface area contributed by atoms with E-state index in [-0.39, 0.29) is 16.3 Å². The Bertz CT molecular complexity index is 669. The quantitative estimate of drug-likeness (QED) is 0.394. The van der Waals surface area contributed by atoms with Gasteiger partial charge in [0.2, 0.25) is 0 Å².